The standard InChI is InChI=1S/C13H14FNO/c1-2-12(16)15-13(8-3-9-13)10-4-6-11(14)7-5-10/h2,4-7H,1,3,8-9H2,(H,15,16). The van der Waals surface area contributed by atoms with E-state index >= 15 is 0 Å². The molecular weight excluding hydrogens is 205 g/mol. The SMILES string of the molecule is C=CC(=O)NC1(c2ccc(F)cc2)CCC1. The van der Waals surface area contributed by atoms with Crippen LogP contribution < -0.4 is 5.32 Å². The van der Waals surface area contributed by atoms with E-state index in [9.17, 15) is 9.18 Å². The van der Waals surface area contributed by atoms with E-state index in [4.69, 9.17) is 0 Å². The summed E-state index contributed by atoms with van der Waals surface area (Å²) in [6.45, 7) is 3.44. The second-order valence-electron chi connectivity index (χ2n) is 4.14. The maximum atomic E-state index is 12.8. The number of amides is 1. The summed E-state index contributed by atoms with van der Waals surface area (Å²) in [6, 6.07) is 6.32. The van der Waals surface area contributed by atoms with E-state index in [2.05, 4.69) is 11.9 Å². The Labute approximate surface area is 94.2 Å². The molecule has 1 amide bonds. The highest BCUT2D eigenvalue weighted by atomic mass is 19.1. The molecule has 16 heavy (non-hydrogen) atoms. The van der Waals surface area contributed by atoms with Gasteiger partial charge in [0, 0.05) is 0 Å². The summed E-state index contributed by atoms with van der Waals surface area (Å²) in [5, 5.41) is 2.94. The van der Waals surface area contributed by atoms with E-state index in [1.165, 1.54) is 18.2 Å². The van der Waals surface area contributed by atoms with Gasteiger partial charge in [0.05, 0.1) is 5.54 Å². The minimum Gasteiger partial charge on any atom is -0.343 e. The monoisotopic (exact) mass is 219 g/mol. The van der Waals surface area contributed by atoms with Gasteiger partial charge in [-0.15, -0.1) is 0 Å². The molecule has 0 aromatic heterocycles. The van der Waals surface area contributed by atoms with Crippen LogP contribution in [0.2, 0.25) is 0 Å². The molecule has 1 aliphatic carbocycles. The van der Waals surface area contributed by atoms with Crippen LogP contribution in [0, 0.1) is 5.82 Å². The third-order valence-electron chi connectivity index (χ3n) is 3.15. The van der Waals surface area contributed by atoms with Crippen molar-refractivity contribution < 1.29 is 9.18 Å². The number of hydrogen-bond acceptors (Lipinski definition) is 1. The molecule has 0 aliphatic heterocycles. The van der Waals surface area contributed by atoms with Gasteiger partial charge in [-0.3, -0.25) is 4.79 Å². The Kier molecular flexibility index (Phi) is 2.77. The van der Waals surface area contributed by atoms with Crippen molar-refractivity contribution in [2.75, 3.05) is 0 Å². The first kappa shape index (κ1) is 10.9. The molecule has 0 bridgehead atoms. The lowest BCUT2D eigenvalue weighted by atomic mass is 9.72. The smallest absolute Gasteiger partial charge is 0.244 e. The van der Waals surface area contributed by atoms with Crippen LogP contribution in [-0.4, -0.2) is 5.91 Å². The largest absolute Gasteiger partial charge is 0.343 e. The molecular formula is C13H14FNO. The molecule has 1 aromatic carbocycles. The number of rotatable bonds is 3. The molecule has 1 saturated carbocycles. The molecule has 2 rings (SSSR count). The molecule has 0 saturated heterocycles. The predicted molar refractivity (Wildman–Crippen MR) is 60.3 cm³/mol. The van der Waals surface area contributed by atoms with E-state index < -0.39 is 0 Å². The number of benzene rings is 1. The lowest BCUT2D eigenvalue weighted by Gasteiger charge is -2.42. The van der Waals surface area contributed by atoms with Gasteiger partial charge in [0.1, 0.15) is 5.82 Å². The fraction of sp³-hybridized carbons (Fsp3) is 0.308. The molecule has 3 heteroatoms. The molecule has 1 N–H and O–H groups in total. The molecule has 0 unspecified atom stereocenters. The summed E-state index contributed by atoms with van der Waals surface area (Å²) < 4.78 is 12.8. The van der Waals surface area contributed by atoms with Gasteiger partial charge in [-0.05, 0) is 43.0 Å². The fourth-order valence-electron chi connectivity index (χ4n) is 2.07. The number of carbonyl (C=O) groups is 1. The molecule has 1 fully saturated rings. The Hall–Kier alpha value is -1.64. The van der Waals surface area contributed by atoms with Crippen LogP contribution in [0.15, 0.2) is 36.9 Å². The molecule has 0 radical (unpaired) electrons. The lowest BCUT2D eigenvalue weighted by Crippen LogP contribution is -2.50. The van der Waals surface area contributed by atoms with Crippen LogP contribution in [-0.2, 0) is 10.3 Å². The van der Waals surface area contributed by atoms with E-state index in [-0.39, 0.29) is 17.3 Å². The van der Waals surface area contributed by atoms with Crippen molar-refractivity contribution in [2.24, 2.45) is 0 Å². The molecule has 1 aliphatic rings. The topological polar surface area (TPSA) is 29.1 Å². The van der Waals surface area contributed by atoms with Crippen molar-refractivity contribution in [2.45, 2.75) is 24.8 Å². The summed E-state index contributed by atoms with van der Waals surface area (Å²) in [5.41, 5.74) is 0.661. The van der Waals surface area contributed by atoms with Crippen LogP contribution in [0.4, 0.5) is 4.39 Å². The Morgan fingerprint density at radius 1 is 1.38 bits per heavy atom. The van der Waals surface area contributed by atoms with Crippen molar-refractivity contribution in [3.05, 3.63) is 48.3 Å². The number of carbonyl (C=O) groups excluding carboxylic acids is 1. The predicted octanol–water partition coefficient (Wildman–Crippen LogP) is 2.51. The van der Waals surface area contributed by atoms with Crippen molar-refractivity contribution in [1.82, 2.24) is 5.32 Å². The molecule has 1 aromatic rings. The number of nitrogens with one attached hydrogen (secondary N) is 1. The Bertz CT molecular complexity index is 406. The fourth-order valence-corrected chi connectivity index (χ4v) is 2.07. The second-order valence-corrected chi connectivity index (χ2v) is 4.14. The average molecular weight is 219 g/mol. The highest BCUT2D eigenvalue weighted by Gasteiger charge is 2.39. The Morgan fingerprint density at radius 2 is 2.00 bits per heavy atom. The Balaban J connectivity index is 2.24. The number of halogens is 1. The minimum absolute atomic E-state index is 0.177. The zero-order valence-corrected chi connectivity index (χ0v) is 9.00. The van der Waals surface area contributed by atoms with E-state index in [0.29, 0.717) is 0 Å². The zero-order valence-electron chi connectivity index (χ0n) is 9.00. The highest BCUT2D eigenvalue weighted by Crippen LogP contribution is 2.41. The molecule has 84 valence electrons. The molecule has 2 nitrogen and oxygen atoms in total. The lowest BCUT2D eigenvalue weighted by molar-refractivity contribution is -0.119. The van der Waals surface area contributed by atoms with Crippen molar-refractivity contribution in [3.63, 3.8) is 0 Å². The normalized spacial score (nSPS) is 17.3. The van der Waals surface area contributed by atoms with Gasteiger partial charge in [-0.1, -0.05) is 18.7 Å². The third kappa shape index (κ3) is 1.85. The van der Waals surface area contributed by atoms with E-state index in [0.717, 1.165) is 24.8 Å². The molecule has 0 atom stereocenters. The van der Waals surface area contributed by atoms with Gasteiger partial charge in [0.2, 0.25) is 5.91 Å². The van der Waals surface area contributed by atoms with Crippen LogP contribution in [0.3, 0.4) is 0 Å². The Morgan fingerprint density at radius 3 is 2.44 bits per heavy atom. The second kappa shape index (κ2) is 4.08. The van der Waals surface area contributed by atoms with Gasteiger partial charge in [-0.25, -0.2) is 4.39 Å². The van der Waals surface area contributed by atoms with Crippen molar-refractivity contribution in [3.8, 4) is 0 Å². The first-order valence-corrected chi connectivity index (χ1v) is 5.37. The molecule has 0 spiro atoms. The van der Waals surface area contributed by atoms with E-state index in [1.807, 2.05) is 0 Å². The van der Waals surface area contributed by atoms with Crippen molar-refractivity contribution in [1.29, 1.82) is 0 Å². The van der Waals surface area contributed by atoms with E-state index in [1.54, 1.807) is 12.1 Å². The van der Waals surface area contributed by atoms with Gasteiger partial charge < -0.3 is 5.32 Å². The van der Waals surface area contributed by atoms with Gasteiger partial charge in [0.25, 0.3) is 0 Å². The summed E-state index contributed by atoms with van der Waals surface area (Å²) in [7, 11) is 0. The minimum atomic E-state index is -0.307. The average Bonchev–Trinajstić information content (AvgIpc) is 2.24. The maximum absolute atomic E-state index is 12.8. The quantitative estimate of drug-likeness (QED) is 0.777. The first-order chi connectivity index (χ1) is 7.66. The van der Waals surface area contributed by atoms with Gasteiger partial charge in [0.15, 0.2) is 0 Å². The third-order valence-corrected chi connectivity index (χ3v) is 3.15. The summed E-state index contributed by atoms with van der Waals surface area (Å²) in [6.07, 6.45) is 4.15. The summed E-state index contributed by atoms with van der Waals surface area (Å²) in [4.78, 5) is 11.4. The van der Waals surface area contributed by atoms with Gasteiger partial charge in [-0.2, -0.15) is 0 Å². The first-order valence-electron chi connectivity index (χ1n) is 5.37. The van der Waals surface area contributed by atoms with Crippen LogP contribution in [0.1, 0.15) is 24.8 Å². The van der Waals surface area contributed by atoms with Gasteiger partial charge >= 0.3 is 0 Å². The number of hydrogen-bond donors (Lipinski definition) is 1. The maximum Gasteiger partial charge on any atom is 0.244 e. The van der Waals surface area contributed by atoms with Crippen LogP contribution >= 0.6 is 0 Å². The highest BCUT2D eigenvalue weighted by molar-refractivity contribution is 5.87. The van der Waals surface area contributed by atoms with Crippen LogP contribution in [0.25, 0.3) is 0 Å². The van der Waals surface area contributed by atoms with Crippen LogP contribution in [0.5, 0.6) is 0 Å². The molecule has 0 heterocycles. The summed E-state index contributed by atoms with van der Waals surface area (Å²) >= 11 is 0. The van der Waals surface area contributed by atoms with Crippen molar-refractivity contribution >= 4 is 5.91 Å². The zero-order chi connectivity index (χ0) is 11.6. The summed E-state index contributed by atoms with van der Waals surface area (Å²) in [5.74, 6) is -0.433.